The normalized spacial score (nSPS) is 13.0. The van der Waals surface area contributed by atoms with Crippen LogP contribution in [0.25, 0.3) is 5.65 Å². The largest absolute Gasteiger partial charge is 0.503 e. The Morgan fingerprint density at radius 2 is 1.94 bits per heavy atom. The number of aromatic nitrogens is 4. The molecule has 0 radical (unpaired) electrons. The minimum atomic E-state index is -0.689. The average molecular weight is 457 g/mol. The van der Waals surface area contributed by atoms with Gasteiger partial charge < -0.3 is 19.9 Å². The molecule has 0 aromatic carbocycles. The summed E-state index contributed by atoms with van der Waals surface area (Å²) in [4.78, 5) is 50.9. The van der Waals surface area contributed by atoms with Crippen molar-refractivity contribution in [1.82, 2.24) is 29.4 Å². The molecule has 176 valence electrons. The minimum Gasteiger partial charge on any atom is -0.503 e. The van der Waals surface area contributed by atoms with E-state index in [1.54, 1.807) is 15.5 Å². The Hall–Kier alpha value is -3.89. The van der Waals surface area contributed by atoms with Crippen molar-refractivity contribution in [1.29, 1.82) is 0 Å². The summed E-state index contributed by atoms with van der Waals surface area (Å²) >= 11 is 0. The number of H-pyrrole nitrogens is 1. The Bertz CT molecular complexity index is 1300. The first kappa shape index (κ1) is 23.8. The third kappa shape index (κ3) is 4.52. The summed E-state index contributed by atoms with van der Waals surface area (Å²) in [6.07, 6.45) is 2.74. The molecule has 0 unspecified atom stereocenters. The fourth-order valence-electron chi connectivity index (χ4n) is 3.62. The third-order valence-corrected chi connectivity index (χ3v) is 5.14. The molecule has 0 atom stereocenters. The average Bonchev–Trinajstić information content (AvgIpc) is 3.16. The monoisotopic (exact) mass is 456 g/mol. The Labute approximate surface area is 189 Å². The summed E-state index contributed by atoms with van der Waals surface area (Å²) in [7, 11) is 0. The van der Waals surface area contributed by atoms with Gasteiger partial charge in [0.2, 0.25) is 5.43 Å². The van der Waals surface area contributed by atoms with Gasteiger partial charge in [-0.3, -0.25) is 14.4 Å². The number of amides is 2. The molecule has 0 fully saturated rings. The van der Waals surface area contributed by atoms with Crippen LogP contribution in [0.3, 0.4) is 0 Å². The number of nitrogens with zero attached hydrogens (tertiary/aromatic N) is 4. The van der Waals surface area contributed by atoms with Crippen molar-refractivity contribution in [3.05, 3.63) is 62.1 Å². The Morgan fingerprint density at radius 3 is 2.61 bits per heavy atom. The zero-order valence-corrected chi connectivity index (χ0v) is 19.1. The van der Waals surface area contributed by atoms with E-state index in [0.717, 1.165) is 0 Å². The van der Waals surface area contributed by atoms with Crippen molar-refractivity contribution in [2.45, 2.75) is 53.2 Å². The first-order valence-electron chi connectivity index (χ1n) is 10.8. The van der Waals surface area contributed by atoms with Crippen molar-refractivity contribution in [2.75, 3.05) is 6.54 Å². The van der Waals surface area contributed by atoms with Crippen LogP contribution < -0.4 is 16.4 Å². The lowest BCUT2D eigenvalue weighted by Crippen LogP contribution is -2.46. The molecule has 3 aromatic rings. The maximum Gasteiger partial charge on any atom is 0.347 e. The highest BCUT2D eigenvalue weighted by atomic mass is 16.3. The number of carbonyl (C=O) groups excluding carboxylic acids is 2. The summed E-state index contributed by atoms with van der Waals surface area (Å²) in [5, 5.41) is 19.0. The maximum absolute atomic E-state index is 12.8. The van der Waals surface area contributed by atoms with Gasteiger partial charge >= 0.3 is 5.69 Å². The van der Waals surface area contributed by atoms with Gasteiger partial charge in [0.25, 0.3) is 11.8 Å². The SMILES string of the molecule is CC(C)N1CCn2c(CNC(=O)c3cccn4c(=O)[nH]nc34)cc(=O)c(O)c2C1=O.CCC. The molecule has 11 nitrogen and oxygen atoms in total. The van der Waals surface area contributed by atoms with E-state index in [1.807, 2.05) is 13.8 Å². The Kier molecular flexibility index (Phi) is 7.00. The summed E-state index contributed by atoms with van der Waals surface area (Å²) < 4.78 is 2.76. The number of nitrogens with one attached hydrogen (secondary N) is 2. The molecular weight excluding hydrogens is 428 g/mol. The highest BCUT2D eigenvalue weighted by Gasteiger charge is 2.31. The molecule has 11 heteroatoms. The van der Waals surface area contributed by atoms with Gasteiger partial charge in [-0.25, -0.2) is 14.3 Å². The molecular formula is C22H28N6O5. The number of pyridine rings is 2. The number of fused-ring (bicyclic) bond motifs is 2. The van der Waals surface area contributed by atoms with E-state index in [2.05, 4.69) is 29.4 Å². The van der Waals surface area contributed by atoms with Crippen molar-refractivity contribution < 1.29 is 14.7 Å². The Balaban J connectivity index is 0.000000968. The lowest BCUT2D eigenvalue weighted by Gasteiger charge is -2.34. The van der Waals surface area contributed by atoms with E-state index >= 15 is 0 Å². The second-order valence-corrected chi connectivity index (χ2v) is 7.98. The van der Waals surface area contributed by atoms with Gasteiger partial charge in [-0.1, -0.05) is 20.3 Å². The van der Waals surface area contributed by atoms with E-state index in [9.17, 15) is 24.3 Å². The van der Waals surface area contributed by atoms with Crippen molar-refractivity contribution in [3.8, 4) is 5.75 Å². The molecule has 4 heterocycles. The van der Waals surface area contributed by atoms with Crippen LogP contribution in [0.5, 0.6) is 5.75 Å². The quantitative estimate of drug-likeness (QED) is 0.537. The number of aromatic hydroxyl groups is 1. The first-order chi connectivity index (χ1) is 15.7. The zero-order valence-electron chi connectivity index (χ0n) is 19.1. The number of hydrogen-bond donors (Lipinski definition) is 3. The lowest BCUT2D eigenvalue weighted by molar-refractivity contribution is 0.0639. The molecule has 33 heavy (non-hydrogen) atoms. The topological polar surface area (TPSA) is 142 Å². The van der Waals surface area contributed by atoms with Crippen LogP contribution >= 0.6 is 0 Å². The molecule has 0 spiro atoms. The molecule has 0 aliphatic carbocycles. The van der Waals surface area contributed by atoms with Crippen LogP contribution in [0.1, 0.15) is 60.7 Å². The lowest BCUT2D eigenvalue weighted by atomic mass is 10.1. The van der Waals surface area contributed by atoms with Crippen LogP contribution in [0, 0.1) is 0 Å². The standard InChI is InChI=1S/C19H20N6O5.C3H8/c1-10(2)23-6-7-24-11(8-13(26)15(27)14(24)18(23)29)9-20-17(28)12-4-3-5-25-16(12)21-22-19(25)30;1-3-2/h3-5,8,10,27H,6-7,9H2,1-2H3,(H,20,28)(H,22,30);3H2,1-2H3. The summed E-state index contributed by atoms with van der Waals surface area (Å²) in [5.74, 6) is -1.53. The molecule has 0 saturated carbocycles. The maximum atomic E-state index is 12.8. The predicted octanol–water partition coefficient (Wildman–Crippen LogP) is 1.10. The molecule has 2 amide bonds. The second kappa shape index (κ2) is 9.72. The molecule has 0 saturated heterocycles. The minimum absolute atomic E-state index is 0.0496. The summed E-state index contributed by atoms with van der Waals surface area (Å²) in [6, 6.07) is 4.19. The van der Waals surface area contributed by atoms with Crippen LogP contribution in [0.4, 0.5) is 0 Å². The first-order valence-corrected chi connectivity index (χ1v) is 10.8. The summed E-state index contributed by atoms with van der Waals surface area (Å²) in [5.41, 5.74) is -0.486. The van der Waals surface area contributed by atoms with E-state index in [-0.39, 0.29) is 29.5 Å². The highest BCUT2D eigenvalue weighted by molar-refractivity contribution is 5.99. The van der Waals surface area contributed by atoms with E-state index < -0.39 is 28.7 Å². The number of aromatic amines is 1. The summed E-state index contributed by atoms with van der Waals surface area (Å²) in [6.45, 7) is 8.71. The number of carbonyl (C=O) groups is 2. The molecule has 1 aliphatic rings. The molecule has 3 aromatic heterocycles. The van der Waals surface area contributed by atoms with Gasteiger partial charge in [0.05, 0.1) is 12.1 Å². The number of hydrogen-bond acceptors (Lipinski definition) is 6. The number of rotatable bonds is 4. The molecule has 0 bridgehead atoms. The van der Waals surface area contributed by atoms with E-state index in [0.29, 0.717) is 18.8 Å². The van der Waals surface area contributed by atoms with Crippen molar-refractivity contribution in [2.24, 2.45) is 0 Å². The fraction of sp³-hybridized carbons (Fsp3) is 0.409. The highest BCUT2D eigenvalue weighted by Crippen LogP contribution is 2.22. The van der Waals surface area contributed by atoms with Crippen LogP contribution in [-0.2, 0) is 13.1 Å². The smallest absolute Gasteiger partial charge is 0.347 e. The second-order valence-electron chi connectivity index (χ2n) is 7.98. The fourth-order valence-corrected chi connectivity index (χ4v) is 3.62. The van der Waals surface area contributed by atoms with Crippen molar-refractivity contribution in [3.63, 3.8) is 0 Å². The van der Waals surface area contributed by atoms with Gasteiger partial charge in [-0.2, -0.15) is 5.10 Å². The van der Waals surface area contributed by atoms with Crippen LogP contribution in [-0.4, -0.2) is 53.6 Å². The van der Waals surface area contributed by atoms with Gasteiger partial charge in [-0.05, 0) is 26.0 Å². The molecule has 1 aliphatic heterocycles. The van der Waals surface area contributed by atoms with Gasteiger partial charge in [0.15, 0.2) is 17.1 Å². The molecule has 4 rings (SSSR count). The Morgan fingerprint density at radius 1 is 1.24 bits per heavy atom. The van der Waals surface area contributed by atoms with Gasteiger partial charge in [-0.15, -0.1) is 0 Å². The van der Waals surface area contributed by atoms with E-state index in [1.165, 1.54) is 29.2 Å². The molecule has 3 N–H and O–H groups in total. The van der Waals surface area contributed by atoms with Crippen LogP contribution in [0.15, 0.2) is 34.0 Å². The van der Waals surface area contributed by atoms with Gasteiger partial charge in [0.1, 0.15) is 0 Å². The third-order valence-electron chi connectivity index (χ3n) is 5.14. The van der Waals surface area contributed by atoms with Gasteiger partial charge in [0, 0.05) is 37.1 Å². The predicted molar refractivity (Wildman–Crippen MR) is 121 cm³/mol. The van der Waals surface area contributed by atoms with Crippen molar-refractivity contribution >= 4 is 17.5 Å². The van der Waals surface area contributed by atoms with E-state index in [4.69, 9.17) is 0 Å². The van der Waals surface area contributed by atoms with Crippen LogP contribution in [0.2, 0.25) is 0 Å². The zero-order chi connectivity index (χ0) is 24.3.